The first kappa shape index (κ1) is 14.2. The first-order valence-electron chi connectivity index (χ1n) is 5.38. The fourth-order valence-corrected chi connectivity index (χ4v) is 1.53. The molecule has 0 fully saturated rings. The second-order valence-electron chi connectivity index (χ2n) is 4.24. The normalized spacial score (nSPS) is 13.2. The van der Waals surface area contributed by atoms with Crippen LogP contribution in [-0.4, -0.2) is 5.78 Å². The molecule has 96 valence electrons. The Balaban J connectivity index is 3.17. The predicted octanol–water partition coefficient (Wildman–Crippen LogP) is 3.54. The number of alkyl halides is 3. The van der Waals surface area contributed by atoms with Crippen molar-refractivity contribution in [3.63, 3.8) is 0 Å². The standard InChI is InChI=1S/C13H12F3NO/c1-8(2)12(18)11(7-17)9-4-3-5-10(6-9)13(14,15)16/h3-6,8,11H,1-2H3. The number of ketones is 1. The van der Waals surface area contributed by atoms with Crippen LogP contribution in [0.5, 0.6) is 0 Å². The topological polar surface area (TPSA) is 40.9 Å². The lowest BCUT2D eigenvalue weighted by atomic mass is 9.89. The molecule has 0 radical (unpaired) electrons. The third kappa shape index (κ3) is 3.10. The van der Waals surface area contributed by atoms with Crippen molar-refractivity contribution in [1.82, 2.24) is 0 Å². The van der Waals surface area contributed by atoms with Gasteiger partial charge in [-0.25, -0.2) is 0 Å². The van der Waals surface area contributed by atoms with Crippen LogP contribution in [-0.2, 0) is 11.0 Å². The molecule has 0 saturated carbocycles. The minimum Gasteiger partial charge on any atom is -0.298 e. The molecule has 0 aliphatic heterocycles. The number of hydrogen-bond acceptors (Lipinski definition) is 2. The van der Waals surface area contributed by atoms with Gasteiger partial charge in [0.25, 0.3) is 0 Å². The molecule has 0 amide bonds. The van der Waals surface area contributed by atoms with E-state index in [1.807, 2.05) is 0 Å². The number of hydrogen-bond donors (Lipinski definition) is 0. The highest BCUT2D eigenvalue weighted by Gasteiger charge is 2.32. The number of benzene rings is 1. The lowest BCUT2D eigenvalue weighted by molar-refractivity contribution is -0.137. The number of rotatable bonds is 3. The summed E-state index contributed by atoms with van der Waals surface area (Å²) in [6.07, 6.45) is -4.48. The van der Waals surface area contributed by atoms with Crippen LogP contribution in [0.2, 0.25) is 0 Å². The zero-order chi connectivity index (χ0) is 13.9. The van der Waals surface area contributed by atoms with Crippen molar-refractivity contribution < 1.29 is 18.0 Å². The summed E-state index contributed by atoms with van der Waals surface area (Å²) in [5.41, 5.74) is -0.761. The molecular formula is C13H12F3NO. The zero-order valence-electron chi connectivity index (χ0n) is 9.95. The first-order chi connectivity index (χ1) is 8.27. The van der Waals surface area contributed by atoms with Crippen LogP contribution in [0.15, 0.2) is 24.3 Å². The van der Waals surface area contributed by atoms with Crippen molar-refractivity contribution in [1.29, 1.82) is 5.26 Å². The highest BCUT2D eigenvalue weighted by atomic mass is 19.4. The molecule has 1 unspecified atom stereocenters. The van der Waals surface area contributed by atoms with Crippen LogP contribution < -0.4 is 0 Å². The second-order valence-corrected chi connectivity index (χ2v) is 4.24. The van der Waals surface area contributed by atoms with Crippen molar-refractivity contribution in [2.24, 2.45) is 5.92 Å². The van der Waals surface area contributed by atoms with E-state index < -0.39 is 23.6 Å². The molecule has 5 heteroatoms. The van der Waals surface area contributed by atoms with Gasteiger partial charge >= 0.3 is 6.18 Å². The van der Waals surface area contributed by atoms with E-state index in [0.717, 1.165) is 12.1 Å². The Kier molecular flexibility index (Phi) is 4.12. The number of carbonyl (C=O) groups excluding carboxylic acids is 1. The molecular weight excluding hydrogens is 243 g/mol. The minimum absolute atomic E-state index is 0.0889. The Labute approximate surface area is 103 Å². The molecule has 18 heavy (non-hydrogen) atoms. The minimum atomic E-state index is -4.48. The molecule has 0 aliphatic rings. The van der Waals surface area contributed by atoms with E-state index >= 15 is 0 Å². The molecule has 0 aliphatic carbocycles. The maximum absolute atomic E-state index is 12.5. The first-order valence-corrected chi connectivity index (χ1v) is 5.38. The average molecular weight is 255 g/mol. The summed E-state index contributed by atoms with van der Waals surface area (Å²) in [5, 5.41) is 8.94. The summed E-state index contributed by atoms with van der Waals surface area (Å²) in [5.74, 6) is -1.92. The molecule has 1 rings (SSSR count). The van der Waals surface area contributed by atoms with Crippen LogP contribution in [0, 0.1) is 17.2 Å². The number of carbonyl (C=O) groups is 1. The van der Waals surface area contributed by atoms with Crippen LogP contribution in [0.25, 0.3) is 0 Å². The third-order valence-electron chi connectivity index (χ3n) is 2.53. The van der Waals surface area contributed by atoms with E-state index in [2.05, 4.69) is 0 Å². The van der Waals surface area contributed by atoms with E-state index in [0.29, 0.717) is 0 Å². The van der Waals surface area contributed by atoms with Gasteiger partial charge in [-0.3, -0.25) is 4.79 Å². The molecule has 0 saturated heterocycles. The summed E-state index contributed by atoms with van der Waals surface area (Å²) in [4.78, 5) is 11.7. The third-order valence-corrected chi connectivity index (χ3v) is 2.53. The van der Waals surface area contributed by atoms with Gasteiger partial charge in [0.2, 0.25) is 0 Å². The lowest BCUT2D eigenvalue weighted by Gasteiger charge is -2.13. The quantitative estimate of drug-likeness (QED) is 0.828. The molecule has 1 aromatic carbocycles. The maximum Gasteiger partial charge on any atom is 0.416 e. The highest BCUT2D eigenvalue weighted by Crippen LogP contribution is 2.31. The zero-order valence-corrected chi connectivity index (χ0v) is 9.95. The molecule has 0 spiro atoms. The van der Waals surface area contributed by atoms with E-state index in [-0.39, 0.29) is 11.3 Å². The van der Waals surface area contributed by atoms with Gasteiger partial charge in [0, 0.05) is 5.92 Å². The van der Waals surface area contributed by atoms with Gasteiger partial charge in [0.15, 0.2) is 5.78 Å². The fourth-order valence-electron chi connectivity index (χ4n) is 1.53. The van der Waals surface area contributed by atoms with E-state index in [9.17, 15) is 18.0 Å². The highest BCUT2D eigenvalue weighted by molar-refractivity contribution is 5.89. The summed E-state index contributed by atoms with van der Waals surface area (Å²) in [6, 6.07) is 6.10. The Morgan fingerprint density at radius 2 is 1.94 bits per heavy atom. The second kappa shape index (κ2) is 5.21. The molecule has 0 heterocycles. The maximum atomic E-state index is 12.5. The lowest BCUT2D eigenvalue weighted by Crippen LogP contribution is -2.17. The van der Waals surface area contributed by atoms with Crippen molar-refractivity contribution in [2.45, 2.75) is 25.9 Å². The monoisotopic (exact) mass is 255 g/mol. The van der Waals surface area contributed by atoms with Crippen LogP contribution >= 0.6 is 0 Å². The summed E-state index contributed by atoms with van der Waals surface area (Å²) < 4.78 is 37.6. The Morgan fingerprint density at radius 1 is 1.33 bits per heavy atom. The summed E-state index contributed by atoms with van der Waals surface area (Å²) in [6.45, 7) is 3.22. The largest absolute Gasteiger partial charge is 0.416 e. The van der Waals surface area contributed by atoms with Crippen molar-refractivity contribution in [3.05, 3.63) is 35.4 Å². The van der Waals surface area contributed by atoms with Crippen LogP contribution in [0.1, 0.15) is 30.9 Å². The molecule has 1 aromatic rings. The molecule has 0 bridgehead atoms. The van der Waals surface area contributed by atoms with Gasteiger partial charge < -0.3 is 0 Å². The van der Waals surface area contributed by atoms with E-state index in [1.54, 1.807) is 19.9 Å². The van der Waals surface area contributed by atoms with Gasteiger partial charge in [-0.15, -0.1) is 0 Å². The average Bonchev–Trinajstić information content (AvgIpc) is 2.29. The predicted molar refractivity (Wildman–Crippen MR) is 59.6 cm³/mol. The van der Waals surface area contributed by atoms with Crippen LogP contribution in [0.4, 0.5) is 13.2 Å². The Morgan fingerprint density at radius 3 is 2.39 bits per heavy atom. The Hall–Kier alpha value is -1.83. The SMILES string of the molecule is CC(C)C(=O)C(C#N)c1cccc(C(F)(F)F)c1. The van der Waals surface area contributed by atoms with Crippen molar-refractivity contribution >= 4 is 5.78 Å². The smallest absolute Gasteiger partial charge is 0.298 e. The van der Waals surface area contributed by atoms with E-state index in [4.69, 9.17) is 5.26 Å². The number of Topliss-reactive ketones (excluding diaryl/α,β-unsaturated/α-hetero) is 1. The molecule has 1 atom stereocenters. The van der Waals surface area contributed by atoms with Gasteiger partial charge in [-0.2, -0.15) is 18.4 Å². The van der Waals surface area contributed by atoms with Gasteiger partial charge in [-0.1, -0.05) is 32.0 Å². The van der Waals surface area contributed by atoms with Gasteiger partial charge in [-0.05, 0) is 11.6 Å². The van der Waals surface area contributed by atoms with Crippen molar-refractivity contribution in [2.75, 3.05) is 0 Å². The van der Waals surface area contributed by atoms with E-state index in [1.165, 1.54) is 12.1 Å². The Bertz CT molecular complexity index is 486. The van der Waals surface area contributed by atoms with Gasteiger partial charge in [0.05, 0.1) is 11.6 Å². The number of nitrogens with zero attached hydrogens (tertiary/aromatic N) is 1. The summed E-state index contributed by atoms with van der Waals surface area (Å²) >= 11 is 0. The molecule has 0 N–H and O–H groups in total. The fraction of sp³-hybridized carbons (Fsp3) is 0.385. The van der Waals surface area contributed by atoms with Crippen LogP contribution in [0.3, 0.4) is 0 Å². The summed E-state index contributed by atoms with van der Waals surface area (Å²) in [7, 11) is 0. The molecule has 2 nitrogen and oxygen atoms in total. The molecule has 0 aromatic heterocycles. The number of nitriles is 1. The van der Waals surface area contributed by atoms with Gasteiger partial charge in [0.1, 0.15) is 5.92 Å². The van der Waals surface area contributed by atoms with Crippen molar-refractivity contribution in [3.8, 4) is 6.07 Å². The number of halogens is 3.